The molecule has 0 bridgehead atoms. The highest BCUT2D eigenvalue weighted by atomic mass is 32.2. The summed E-state index contributed by atoms with van der Waals surface area (Å²) in [4.78, 5) is 20.2. The molecule has 31 heavy (non-hydrogen) atoms. The number of aromatic nitrogens is 2. The van der Waals surface area contributed by atoms with Gasteiger partial charge < -0.3 is 4.42 Å². The van der Waals surface area contributed by atoms with Gasteiger partial charge in [0.2, 0.25) is 5.95 Å². The van der Waals surface area contributed by atoms with Gasteiger partial charge in [0.05, 0.1) is 16.0 Å². The summed E-state index contributed by atoms with van der Waals surface area (Å²) in [6, 6.07) is 14.6. The van der Waals surface area contributed by atoms with E-state index in [1.165, 1.54) is 42.1 Å². The summed E-state index contributed by atoms with van der Waals surface area (Å²) < 4.78 is 32.9. The molecule has 0 aliphatic heterocycles. The number of furan rings is 1. The van der Waals surface area contributed by atoms with Gasteiger partial charge in [0.1, 0.15) is 11.5 Å². The van der Waals surface area contributed by atoms with Crippen LogP contribution in [0, 0.1) is 0 Å². The average Bonchev–Trinajstić information content (AvgIpc) is 3.47. The molecule has 0 aliphatic rings. The molecule has 9 nitrogen and oxygen atoms in total. The molecule has 0 saturated carbocycles. The van der Waals surface area contributed by atoms with Crippen molar-refractivity contribution in [3.63, 3.8) is 0 Å². The summed E-state index contributed by atoms with van der Waals surface area (Å²) in [7, 11) is -3.81. The van der Waals surface area contributed by atoms with E-state index >= 15 is 0 Å². The van der Waals surface area contributed by atoms with Gasteiger partial charge in [-0.2, -0.15) is 5.10 Å². The Morgan fingerprint density at radius 2 is 1.81 bits per heavy atom. The number of thiophene rings is 1. The van der Waals surface area contributed by atoms with Gasteiger partial charge in [0, 0.05) is 18.0 Å². The molecule has 1 amide bonds. The molecular weight excluding hydrogens is 438 g/mol. The fraction of sp³-hybridized carbons (Fsp3) is 0. The van der Waals surface area contributed by atoms with Crippen molar-refractivity contribution in [3.8, 4) is 11.3 Å². The smallest absolute Gasteiger partial charge is 0.281 e. The van der Waals surface area contributed by atoms with Gasteiger partial charge in [-0.15, -0.1) is 11.3 Å². The normalized spacial score (nSPS) is 11.5. The molecule has 0 saturated heterocycles. The highest BCUT2D eigenvalue weighted by molar-refractivity contribution is 7.92. The lowest BCUT2D eigenvalue weighted by Gasteiger charge is -2.06. The topological polar surface area (TPSA) is 127 Å². The Kier molecular flexibility index (Phi) is 5.87. The predicted molar refractivity (Wildman–Crippen MR) is 116 cm³/mol. The molecule has 2 N–H and O–H groups in total. The third-order valence-electron chi connectivity index (χ3n) is 3.97. The number of hydrogen-bond donors (Lipinski definition) is 2. The maximum atomic E-state index is 12.4. The van der Waals surface area contributed by atoms with Gasteiger partial charge in [-0.1, -0.05) is 6.07 Å². The molecule has 1 aromatic carbocycles. The molecule has 0 radical (unpaired) electrons. The van der Waals surface area contributed by atoms with Crippen LogP contribution in [0.1, 0.15) is 15.4 Å². The summed E-state index contributed by atoms with van der Waals surface area (Å²) in [5.41, 5.74) is 3.10. The number of carbonyl (C=O) groups excluding carboxylic acids is 1. The van der Waals surface area contributed by atoms with Crippen LogP contribution in [0.15, 0.2) is 86.8 Å². The van der Waals surface area contributed by atoms with Crippen LogP contribution in [0.25, 0.3) is 11.3 Å². The fourth-order valence-electron chi connectivity index (χ4n) is 2.52. The Morgan fingerprint density at radius 1 is 1.03 bits per heavy atom. The largest absolute Gasteiger partial charge is 0.455 e. The van der Waals surface area contributed by atoms with Crippen LogP contribution in [-0.4, -0.2) is 30.5 Å². The van der Waals surface area contributed by atoms with E-state index in [9.17, 15) is 13.2 Å². The molecule has 0 spiro atoms. The molecule has 0 atom stereocenters. The molecule has 3 aromatic heterocycles. The lowest BCUT2D eigenvalue weighted by molar-refractivity contribution is 0.0959. The Morgan fingerprint density at radius 3 is 2.52 bits per heavy atom. The lowest BCUT2D eigenvalue weighted by Crippen LogP contribution is -2.15. The van der Waals surface area contributed by atoms with Crippen molar-refractivity contribution in [2.45, 2.75) is 4.90 Å². The SMILES string of the molecule is O=C(NN=Cc1ccc(-c2ccc(S(=O)(=O)Nc3ncccn3)cc2)o1)c1cccs1. The Labute approximate surface area is 181 Å². The molecule has 0 unspecified atom stereocenters. The summed E-state index contributed by atoms with van der Waals surface area (Å²) in [6.45, 7) is 0. The first kappa shape index (κ1) is 20.4. The van der Waals surface area contributed by atoms with E-state index in [0.29, 0.717) is 22.0 Å². The second-order valence-electron chi connectivity index (χ2n) is 6.08. The molecule has 4 rings (SSSR count). The second-order valence-corrected chi connectivity index (χ2v) is 8.71. The lowest BCUT2D eigenvalue weighted by atomic mass is 10.2. The molecule has 0 fully saturated rings. The number of anilines is 1. The van der Waals surface area contributed by atoms with Crippen molar-refractivity contribution in [1.82, 2.24) is 15.4 Å². The maximum absolute atomic E-state index is 12.4. The standard InChI is InChI=1S/C20H15N5O4S2/c26-19(18-3-1-12-30-18)24-23-13-15-6-9-17(29-15)14-4-7-16(8-5-14)31(27,28)25-20-21-10-2-11-22-20/h1-13H,(H,24,26)(H,21,22,25). The zero-order valence-electron chi connectivity index (χ0n) is 15.8. The molecule has 156 valence electrons. The second kappa shape index (κ2) is 8.90. The molecular formula is C20H15N5O4S2. The number of sulfonamides is 1. The first-order valence-corrected chi connectivity index (χ1v) is 11.2. The number of amides is 1. The van der Waals surface area contributed by atoms with Gasteiger partial charge in [-0.05, 0) is 53.9 Å². The van der Waals surface area contributed by atoms with Gasteiger partial charge in [0.15, 0.2) is 0 Å². The van der Waals surface area contributed by atoms with Crippen molar-refractivity contribution in [1.29, 1.82) is 0 Å². The van der Waals surface area contributed by atoms with Crippen LogP contribution < -0.4 is 10.1 Å². The third kappa shape index (κ3) is 5.02. The average molecular weight is 454 g/mol. The Hall–Kier alpha value is -3.83. The highest BCUT2D eigenvalue weighted by Crippen LogP contribution is 2.24. The van der Waals surface area contributed by atoms with Crippen molar-refractivity contribution < 1.29 is 17.6 Å². The van der Waals surface area contributed by atoms with Gasteiger partial charge in [-0.3, -0.25) is 4.79 Å². The summed E-state index contributed by atoms with van der Waals surface area (Å²) in [5, 5.41) is 5.68. The Balaban J connectivity index is 1.42. The molecule has 11 heteroatoms. The van der Waals surface area contributed by atoms with Crippen LogP contribution in [0.3, 0.4) is 0 Å². The van der Waals surface area contributed by atoms with E-state index in [4.69, 9.17) is 4.42 Å². The van der Waals surface area contributed by atoms with Crippen LogP contribution in [0.2, 0.25) is 0 Å². The minimum Gasteiger partial charge on any atom is -0.455 e. The van der Waals surface area contributed by atoms with Crippen molar-refractivity contribution in [3.05, 3.63) is 83.0 Å². The first-order valence-electron chi connectivity index (χ1n) is 8.88. The maximum Gasteiger partial charge on any atom is 0.281 e. The summed E-state index contributed by atoms with van der Waals surface area (Å²) >= 11 is 1.32. The highest BCUT2D eigenvalue weighted by Gasteiger charge is 2.16. The third-order valence-corrected chi connectivity index (χ3v) is 6.18. The minimum absolute atomic E-state index is 0.00675. The number of carbonyl (C=O) groups is 1. The van der Waals surface area contributed by atoms with Crippen LogP contribution >= 0.6 is 11.3 Å². The molecule has 0 aliphatic carbocycles. The van der Waals surface area contributed by atoms with Gasteiger partial charge in [0.25, 0.3) is 15.9 Å². The first-order chi connectivity index (χ1) is 15.0. The summed E-state index contributed by atoms with van der Waals surface area (Å²) in [5.74, 6) is 0.646. The zero-order valence-corrected chi connectivity index (χ0v) is 17.4. The number of benzene rings is 1. The van der Waals surface area contributed by atoms with Crippen LogP contribution in [0.5, 0.6) is 0 Å². The van der Waals surface area contributed by atoms with E-state index in [-0.39, 0.29) is 16.8 Å². The van der Waals surface area contributed by atoms with E-state index in [0.717, 1.165) is 0 Å². The van der Waals surface area contributed by atoms with Gasteiger partial charge >= 0.3 is 0 Å². The van der Waals surface area contributed by atoms with E-state index < -0.39 is 10.0 Å². The number of nitrogens with one attached hydrogen (secondary N) is 2. The zero-order chi connectivity index (χ0) is 21.7. The monoisotopic (exact) mass is 453 g/mol. The van der Waals surface area contributed by atoms with Gasteiger partial charge in [-0.25, -0.2) is 28.5 Å². The van der Waals surface area contributed by atoms with E-state index in [1.807, 2.05) is 0 Å². The number of hydrazone groups is 1. The van der Waals surface area contributed by atoms with Crippen molar-refractivity contribution >= 4 is 39.4 Å². The fourth-order valence-corrected chi connectivity index (χ4v) is 4.10. The van der Waals surface area contributed by atoms with E-state index in [1.54, 1.807) is 47.8 Å². The quantitative estimate of drug-likeness (QED) is 0.326. The molecule has 3 heterocycles. The summed E-state index contributed by atoms with van der Waals surface area (Å²) in [6.07, 6.45) is 4.27. The van der Waals surface area contributed by atoms with Crippen molar-refractivity contribution in [2.24, 2.45) is 5.10 Å². The Bertz CT molecular complexity index is 1300. The predicted octanol–water partition coefficient (Wildman–Crippen LogP) is 3.36. The molecule has 4 aromatic rings. The van der Waals surface area contributed by atoms with Crippen LogP contribution in [-0.2, 0) is 10.0 Å². The van der Waals surface area contributed by atoms with E-state index in [2.05, 4.69) is 25.2 Å². The number of rotatable bonds is 7. The number of nitrogens with zero attached hydrogens (tertiary/aromatic N) is 3. The van der Waals surface area contributed by atoms with Crippen molar-refractivity contribution in [2.75, 3.05) is 4.72 Å². The number of hydrogen-bond acceptors (Lipinski definition) is 8. The minimum atomic E-state index is -3.81. The van der Waals surface area contributed by atoms with Crippen LogP contribution in [0.4, 0.5) is 5.95 Å².